The van der Waals surface area contributed by atoms with E-state index in [9.17, 15) is 9.59 Å². The highest BCUT2D eigenvalue weighted by atomic mass is 35.5. The highest BCUT2D eigenvalue weighted by Gasteiger charge is 2.09. The van der Waals surface area contributed by atoms with Gasteiger partial charge in [-0.2, -0.15) is 0 Å². The van der Waals surface area contributed by atoms with E-state index in [0.29, 0.717) is 37.8 Å². The maximum absolute atomic E-state index is 12.2. The van der Waals surface area contributed by atoms with Crippen molar-refractivity contribution >= 4 is 70.0 Å². The van der Waals surface area contributed by atoms with Crippen LogP contribution in [-0.4, -0.2) is 17.9 Å². The quantitative estimate of drug-likeness (QED) is 0.190. The fourth-order valence-corrected chi connectivity index (χ4v) is 3.39. The van der Waals surface area contributed by atoms with Crippen molar-refractivity contribution < 1.29 is 19.1 Å². The molecule has 0 aromatic heterocycles. The van der Waals surface area contributed by atoms with Crippen molar-refractivity contribution in [2.75, 3.05) is 11.4 Å². The molecule has 33 heavy (non-hydrogen) atoms. The first-order valence-electron chi connectivity index (χ1n) is 9.56. The van der Waals surface area contributed by atoms with Gasteiger partial charge in [0.25, 0.3) is 0 Å². The molecule has 5 nitrogen and oxygen atoms in total. The number of halogens is 4. The first-order chi connectivity index (χ1) is 15.8. The number of carbonyl (C=O) groups is 2. The molecular weight excluding hydrogens is 508 g/mol. The van der Waals surface area contributed by atoms with Crippen molar-refractivity contribution in [1.29, 1.82) is 0 Å². The monoisotopic (exact) mass is 523 g/mol. The van der Waals surface area contributed by atoms with Crippen LogP contribution in [0.5, 0.6) is 11.5 Å². The van der Waals surface area contributed by atoms with Gasteiger partial charge in [0.1, 0.15) is 11.5 Å². The van der Waals surface area contributed by atoms with Crippen LogP contribution in [0.2, 0.25) is 15.1 Å². The fraction of sp³-hybridized carbons (Fsp3) is 0.0833. The van der Waals surface area contributed by atoms with Gasteiger partial charge in [0, 0.05) is 11.8 Å². The Bertz CT molecular complexity index is 1180. The Morgan fingerprint density at radius 1 is 0.879 bits per heavy atom. The maximum atomic E-state index is 12.2. The molecule has 3 aromatic carbocycles. The van der Waals surface area contributed by atoms with E-state index in [1.54, 1.807) is 66.7 Å². The normalized spacial score (nSPS) is 10.8. The topological polar surface area (TPSA) is 64.6 Å². The van der Waals surface area contributed by atoms with Gasteiger partial charge >= 0.3 is 5.97 Å². The van der Waals surface area contributed by atoms with Crippen molar-refractivity contribution in [2.24, 2.45) is 0 Å². The molecule has 9 heteroatoms. The van der Waals surface area contributed by atoms with Gasteiger partial charge in [-0.15, -0.1) is 0 Å². The van der Waals surface area contributed by atoms with E-state index in [2.05, 4.69) is 5.32 Å². The molecule has 1 amide bonds. The Morgan fingerprint density at radius 3 is 2.30 bits per heavy atom. The predicted octanol–water partition coefficient (Wildman–Crippen LogP) is 7.37. The maximum Gasteiger partial charge on any atom is 0.311 e. The summed E-state index contributed by atoms with van der Waals surface area (Å²) >= 11 is 23.5. The lowest BCUT2D eigenvalue weighted by Crippen LogP contribution is -2.07. The number of benzene rings is 3. The van der Waals surface area contributed by atoms with Crippen LogP contribution in [0, 0.1) is 0 Å². The minimum Gasteiger partial charge on any atom is -0.456 e. The average molecular weight is 525 g/mol. The molecular formula is C24H17Cl4NO4. The van der Waals surface area contributed by atoms with Gasteiger partial charge in [-0.25, -0.2) is 0 Å². The lowest BCUT2D eigenvalue weighted by atomic mass is 10.1. The lowest BCUT2D eigenvalue weighted by Gasteiger charge is -2.10. The molecule has 0 aliphatic heterocycles. The van der Waals surface area contributed by atoms with Gasteiger partial charge in [0.05, 0.1) is 21.5 Å². The number of hydrogen-bond acceptors (Lipinski definition) is 4. The molecule has 3 rings (SSSR count). The van der Waals surface area contributed by atoms with E-state index in [0.717, 1.165) is 5.56 Å². The van der Waals surface area contributed by atoms with Crippen LogP contribution < -0.4 is 10.1 Å². The molecule has 0 spiro atoms. The number of anilines is 1. The van der Waals surface area contributed by atoms with Gasteiger partial charge in [-0.1, -0.05) is 58.5 Å². The number of nitrogens with one attached hydrogen (secondary N) is 1. The summed E-state index contributed by atoms with van der Waals surface area (Å²) in [4.78, 5) is 23.7. The third kappa shape index (κ3) is 7.69. The summed E-state index contributed by atoms with van der Waals surface area (Å²) < 4.78 is 10.5. The largest absolute Gasteiger partial charge is 0.456 e. The highest BCUT2D eigenvalue weighted by Crippen LogP contribution is 2.31. The SMILES string of the molecule is O=C(/C=C/c1ccc(Cl)c(Cl)c1)Nc1ccc(Oc2ccc(CC(=O)OCCl)cc2Cl)cc1. The first-order valence-corrected chi connectivity index (χ1v) is 11.2. The Kier molecular flexibility index (Phi) is 9.03. The first kappa shape index (κ1) is 24.9. The van der Waals surface area contributed by atoms with Crippen molar-refractivity contribution in [3.05, 3.63) is 92.9 Å². The molecule has 0 aliphatic carbocycles. The molecule has 0 saturated heterocycles. The standard InChI is InChI=1S/C24H17Cl4NO4/c25-14-32-24(31)13-16-2-9-22(21(28)12-16)33-18-6-4-17(5-7-18)29-23(30)10-3-15-1-8-19(26)20(27)11-15/h1-12H,13-14H2,(H,29,30)/b10-3+. The number of amides is 1. The molecule has 0 radical (unpaired) electrons. The molecule has 0 saturated carbocycles. The summed E-state index contributed by atoms with van der Waals surface area (Å²) in [6.45, 7) is 0. The summed E-state index contributed by atoms with van der Waals surface area (Å²) in [5, 5.41) is 3.96. The number of ether oxygens (including phenoxy) is 2. The zero-order chi connectivity index (χ0) is 23.8. The number of rotatable bonds is 8. The zero-order valence-electron chi connectivity index (χ0n) is 17.0. The molecule has 0 unspecified atom stereocenters. The summed E-state index contributed by atoms with van der Waals surface area (Å²) in [6.07, 6.45) is 3.09. The van der Waals surface area contributed by atoms with E-state index in [1.807, 2.05) is 0 Å². The Labute approximate surface area is 210 Å². The summed E-state index contributed by atoms with van der Waals surface area (Å²) in [6, 6.07) is 16.7. The number of hydrogen-bond donors (Lipinski definition) is 1. The van der Waals surface area contributed by atoms with Gasteiger partial charge in [-0.05, 0) is 65.7 Å². The predicted molar refractivity (Wildman–Crippen MR) is 133 cm³/mol. The summed E-state index contributed by atoms with van der Waals surface area (Å²) in [5.41, 5.74) is 2.02. The summed E-state index contributed by atoms with van der Waals surface area (Å²) in [5.74, 6) is 0.197. The zero-order valence-corrected chi connectivity index (χ0v) is 20.0. The second-order valence-electron chi connectivity index (χ2n) is 6.69. The van der Waals surface area contributed by atoms with E-state index < -0.39 is 5.97 Å². The van der Waals surface area contributed by atoms with Crippen LogP contribution in [0.4, 0.5) is 5.69 Å². The van der Waals surface area contributed by atoms with Gasteiger partial charge in [0.2, 0.25) is 5.91 Å². The van der Waals surface area contributed by atoms with Crippen LogP contribution >= 0.6 is 46.4 Å². The second kappa shape index (κ2) is 12.0. The Hall–Kier alpha value is -2.70. The molecule has 3 aromatic rings. The van der Waals surface area contributed by atoms with Crippen LogP contribution in [0.3, 0.4) is 0 Å². The highest BCUT2D eigenvalue weighted by molar-refractivity contribution is 6.42. The van der Waals surface area contributed by atoms with E-state index in [-0.39, 0.29) is 18.4 Å². The average Bonchev–Trinajstić information content (AvgIpc) is 2.78. The van der Waals surface area contributed by atoms with Crippen LogP contribution in [-0.2, 0) is 20.7 Å². The van der Waals surface area contributed by atoms with Gasteiger partial charge < -0.3 is 14.8 Å². The molecule has 170 valence electrons. The minimum absolute atomic E-state index is 0.0562. The number of alkyl halides is 1. The van der Waals surface area contributed by atoms with Crippen LogP contribution in [0.15, 0.2) is 66.7 Å². The van der Waals surface area contributed by atoms with E-state index in [1.165, 1.54) is 6.08 Å². The number of carbonyl (C=O) groups excluding carboxylic acids is 2. The van der Waals surface area contributed by atoms with E-state index in [4.69, 9.17) is 55.9 Å². The molecule has 0 atom stereocenters. The van der Waals surface area contributed by atoms with Crippen molar-refractivity contribution in [2.45, 2.75) is 6.42 Å². The van der Waals surface area contributed by atoms with Crippen LogP contribution in [0.1, 0.15) is 11.1 Å². The lowest BCUT2D eigenvalue weighted by molar-refractivity contribution is -0.140. The van der Waals surface area contributed by atoms with Gasteiger partial charge in [-0.3, -0.25) is 9.59 Å². The minimum atomic E-state index is -0.445. The third-order valence-electron chi connectivity index (χ3n) is 4.28. The van der Waals surface area contributed by atoms with Crippen molar-refractivity contribution in [1.82, 2.24) is 0 Å². The fourth-order valence-electron chi connectivity index (χ4n) is 2.72. The molecule has 1 N–H and O–H groups in total. The Balaban J connectivity index is 1.57. The third-order valence-corrected chi connectivity index (χ3v) is 5.42. The molecule has 0 aliphatic rings. The molecule has 0 heterocycles. The van der Waals surface area contributed by atoms with Crippen molar-refractivity contribution in [3.63, 3.8) is 0 Å². The smallest absolute Gasteiger partial charge is 0.311 e. The van der Waals surface area contributed by atoms with E-state index >= 15 is 0 Å². The van der Waals surface area contributed by atoms with Gasteiger partial charge in [0.15, 0.2) is 6.07 Å². The van der Waals surface area contributed by atoms with Crippen molar-refractivity contribution in [3.8, 4) is 11.5 Å². The summed E-state index contributed by atoms with van der Waals surface area (Å²) in [7, 11) is 0. The van der Waals surface area contributed by atoms with Crippen LogP contribution in [0.25, 0.3) is 6.08 Å². The second-order valence-corrected chi connectivity index (χ2v) is 8.13. The molecule has 0 bridgehead atoms. The molecule has 0 fully saturated rings. The number of esters is 1. The Morgan fingerprint density at radius 2 is 1.64 bits per heavy atom.